The van der Waals surface area contributed by atoms with Gasteiger partial charge in [-0.05, 0) is 37.1 Å². The van der Waals surface area contributed by atoms with Gasteiger partial charge < -0.3 is 9.47 Å². The van der Waals surface area contributed by atoms with Crippen LogP contribution in [-0.2, 0) is 10.0 Å². The molecular weight excluding hydrogens is 330 g/mol. The summed E-state index contributed by atoms with van der Waals surface area (Å²) < 4.78 is 38.2. The van der Waals surface area contributed by atoms with E-state index < -0.39 is 10.0 Å². The number of aromatic nitrogens is 2. The van der Waals surface area contributed by atoms with Crippen molar-refractivity contribution in [2.24, 2.45) is 0 Å². The summed E-state index contributed by atoms with van der Waals surface area (Å²) in [6, 6.07) is 8.55. The average Bonchev–Trinajstić information content (AvgIpc) is 3.05. The molecule has 2 heterocycles. The Morgan fingerprint density at radius 3 is 2.83 bits per heavy atom. The maximum atomic E-state index is 12.9. The summed E-state index contributed by atoms with van der Waals surface area (Å²) in [4.78, 5) is 0.185. The van der Waals surface area contributed by atoms with E-state index in [4.69, 9.17) is 9.47 Å². The third-order valence-corrected chi connectivity index (χ3v) is 5.77. The zero-order valence-electron chi connectivity index (χ0n) is 13.5. The molecule has 2 aromatic rings. The van der Waals surface area contributed by atoms with E-state index in [9.17, 15) is 8.42 Å². The lowest BCUT2D eigenvalue weighted by atomic mass is 10.2. The van der Waals surface area contributed by atoms with Crippen molar-refractivity contribution in [2.45, 2.75) is 24.3 Å². The van der Waals surface area contributed by atoms with Crippen molar-refractivity contribution < 1.29 is 17.9 Å². The molecule has 0 bridgehead atoms. The van der Waals surface area contributed by atoms with Gasteiger partial charge in [-0.2, -0.15) is 9.40 Å². The highest BCUT2D eigenvalue weighted by molar-refractivity contribution is 7.89. The van der Waals surface area contributed by atoms with Crippen molar-refractivity contribution in [1.29, 1.82) is 0 Å². The molecule has 1 aromatic heterocycles. The highest BCUT2D eigenvalue weighted by Crippen LogP contribution is 2.30. The largest absolute Gasteiger partial charge is 0.495 e. The van der Waals surface area contributed by atoms with Gasteiger partial charge >= 0.3 is 0 Å². The number of sulfonamides is 1. The van der Waals surface area contributed by atoms with Gasteiger partial charge in [-0.15, -0.1) is 5.10 Å². The van der Waals surface area contributed by atoms with Crippen molar-refractivity contribution in [3.63, 3.8) is 0 Å². The van der Waals surface area contributed by atoms with Crippen LogP contribution in [0.5, 0.6) is 11.6 Å². The van der Waals surface area contributed by atoms with Crippen molar-refractivity contribution in [3.8, 4) is 11.6 Å². The second-order valence-electron chi connectivity index (χ2n) is 5.61. The van der Waals surface area contributed by atoms with E-state index in [1.165, 1.54) is 11.4 Å². The summed E-state index contributed by atoms with van der Waals surface area (Å²) in [5, 5.41) is 7.62. The van der Waals surface area contributed by atoms with Crippen LogP contribution in [0.2, 0.25) is 0 Å². The fourth-order valence-corrected chi connectivity index (χ4v) is 4.38. The molecule has 0 amide bonds. The highest BCUT2D eigenvalue weighted by Gasteiger charge is 2.35. The standard InChI is InChI=1S/C16H19N3O4S/c1-12-5-6-14(22-2)15(10-12)24(20,21)19-9-7-13(11-19)23-16-4-3-8-17-18-16/h3-6,8,10,13H,7,9,11H2,1-2H3. The van der Waals surface area contributed by atoms with Crippen LogP contribution in [-0.4, -0.2) is 49.2 Å². The Hall–Kier alpha value is -2.19. The number of hydrogen-bond donors (Lipinski definition) is 0. The molecule has 7 nitrogen and oxygen atoms in total. The second kappa shape index (κ2) is 6.74. The topological polar surface area (TPSA) is 81.6 Å². The smallest absolute Gasteiger partial charge is 0.246 e. The monoisotopic (exact) mass is 349 g/mol. The Balaban J connectivity index is 1.78. The summed E-state index contributed by atoms with van der Waals surface area (Å²) in [5.74, 6) is 0.744. The molecule has 0 saturated carbocycles. The molecule has 1 aliphatic rings. The van der Waals surface area contributed by atoms with E-state index in [-0.39, 0.29) is 17.5 Å². The number of methoxy groups -OCH3 is 1. The number of benzene rings is 1. The van der Waals surface area contributed by atoms with Crippen molar-refractivity contribution in [1.82, 2.24) is 14.5 Å². The Kier molecular flexibility index (Phi) is 4.68. The number of rotatable bonds is 5. The molecule has 24 heavy (non-hydrogen) atoms. The minimum Gasteiger partial charge on any atom is -0.495 e. The first kappa shape index (κ1) is 16.7. The fourth-order valence-electron chi connectivity index (χ4n) is 2.66. The summed E-state index contributed by atoms with van der Waals surface area (Å²) >= 11 is 0. The molecule has 8 heteroatoms. The second-order valence-corrected chi connectivity index (χ2v) is 7.51. The molecule has 1 saturated heterocycles. The summed E-state index contributed by atoms with van der Waals surface area (Å²) in [5.41, 5.74) is 0.862. The quantitative estimate of drug-likeness (QED) is 0.816. The molecule has 128 valence electrons. The lowest BCUT2D eigenvalue weighted by Crippen LogP contribution is -2.31. The number of ether oxygens (including phenoxy) is 2. The van der Waals surface area contributed by atoms with E-state index in [0.29, 0.717) is 24.6 Å². The van der Waals surface area contributed by atoms with Gasteiger partial charge in [-0.3, -0.25) is 0 Å². The van der Waals surface area contributed by atoms with Gasteiger partial charge in [0.25, 0.3) is 0 Å². The molecule has 3 rings (SSSR count). The van der Waals surface area contributed by atoms with Gasteiger partial charge in [0.05, 0.1) is 13.7 Å². The third-order valence-electron chi connectivity index (χ3n) is 3.88. The minimum atomic E-state index is -3.64. The number of hydrogen-bond acceptors (Lipinski definition) is 6. The molecule has 0 aliphatic carbocycles. The van der Waals surface area contributed by atoms with Crippen LogP contribution in [0.15, 0.2) is 41.4 Å². The molecule has 0 spiro atoms. The number of nitrogens with zero attached hydrogens (tertiary/aromatic N) is 3. The van der Waals surface area contributed by atoms with Gasteiger partial charge in [0, 0.05) is 18.8 Å². The van der Waals surface area contributed by atoms with Crippen LogP contribution in [0.4, 0.5) is 0 Å². The molecule has 1 aliphatic heterocycles. The Bertz CT molecular complexity index is 811. The van der Waals surface area contributed by atoms with Gasteiger partial charge in [-0.25, -0.2) is 8.42 Å². The van der Waals surface area contributed by atoms with E-state index >= 15 is 0 Å². The van der Waals surface area contributed by atoms with Crippen molar-refractivity contribution >= 4 is 10.0 Å². The summed E-state index contributed by atoms with van der Waals surface area (Å²) in [6.45, 7) is 2.52. The average molecular weight is 349 g/mol. The maximum absolute atomic E-state index is 12.9. The Labute approximate surface area is 141 Å². The first-order valence-electron chi connectivity index (χ1n) is 7.60. The van der Waals surface area contributed by atoms with Gasteiger partial charge in [0.15, 0.2) is 0 Å². The van der Waals surface area contributed by atoms with Crippen LogP contribution in [0.3, 0.4) is 0 Å². The molecule has 1 fully saturated rings. The zero-order valence-corrected chi connectivity index (χ0v) is 14.4. The van der Waals surface area contributed by atoms with Gasteiger partial charge in [-0.1, -0.05) is 6.07 Å². The molecule has 1 unspecified atom stereocenters. The predicted molar refractivity (Wildman–Crippen MR) is 87.6 cm³/mol. The van der Waals surface area contributed by atoms with E-state index in [1.54, 1.807) is 30.5 Å². The summed E-state index contributed by atoms with van der Waals surface area (Å²) in [7, 11) is -2.17. The summed E-state index contributed by atoms with van der Waals surface area (Å²) in [6.07, 6.45) is 1.92. The minimum absolute atomic E-state index is 0.185. The van der Waals surface area contributed by atoms with E-state index in [2.05, 4.69) is 10.2 Å². The van der Waals surface area contributed by atoms with Crippen LogP contribution < -0.4 is 9.47 Å². The molecule has 1 atom stereocenters. The SMILES string of the molecule is COc1ccc(C)cc1S(=O)(=O)N1CCC(Oc2cccnn2)C1. The van der Waals surface area contributed by atoms with Crippen LogP contribution >= 0.6 is 0 Å². The lowest BCUT2D eigenvalue weighted by Gasteiger charge is -2.19. The Morgan fingerprint density at radius 2 is 2.12 bits per heavy atom. The predicted octanol–water partition coefficient (Wildman–Crippen LogP) is 1.64. The molecule has 1 aromatic carbocycles. The normalized spacial score (nSPS) is 18.5. The first-order chi connectivity index (χ1) is 11.5. The maximum Gasteiger partial charge on any atom is 0.246 e. The van der Waals surface area contributed by atoms with E-state index in [0.717, 1.165) is 5.56 Å². The van der Waals surface area contributed by atoms with Crippen LogP contribution in [0.1, 0.15) is 12.0 Å². The van der Waals surface area contributed by atoms with Crippen LogP contribution in [0, 0.1) is 6.92 Å². The van der Waals surface area contributed by atoms with Crippen molar-refractivity contribution in [3.05, 3.63) is 42.1 Å². The first-order valence-corrected chi connectivity index (χ1v) is 9.04. The van der Waals surface area contributed by atoms with Crippen LogP contribution in [0.25, 0.3) is 0 Å². The molecule has 0 radical (unpaired) electrons. The van der Waals surface area contributed by atoms with Gasteiger partial charge in [0.2, 0.25) is 15.9 Å². The fraction of sp³-hybridized carbons (Fsp3) is 0.375. The molecule has 0 N–H and O–H groups in total. The molecular formula is C16H19N3O4S. The lowest BCUT2D eigenvalue weighted by molar-refractivity contribution is 0.204. The van der Waals surface area contributed by atoms with Crippen molar-refractivity contribution in [2.75, 3.05) is 20.2 Å². The Morgan fingerprint density at radius 1 is 1.29 bits per heavy atom. The third kappa shape index (κ3) is 3.34. The van der Waals surface area contributed by atoms with E-state index in [1.807, 2.05) is 13.0 Å². The number of aryl methyl sites for hydroxylation is 1. The van der Waals surface area contributed by atoms with Gasteiger partial charge in [0.1, 0.15) is 16.7 Å². The highest BCUT2D eigenvalue weighted by atomic mass is 32.2. The zero-order chi connectivity index (χ0) is 17.2.